The Morgan fingerprint density at radius 2 is 0.944 bits per heavy atom. The minimum absolute atomic E-state index is 0.0309. The lowest BCUT2D eigenvalue weighted by atomic mass is 9.70. The summed E-state index contributed by atoms with van der Waals surface area (Å²) in [7, 11) is 0. The van der Waals surface area contributed by atoms with Crippen molar-refractivity contribution in [3.8, 4) is 0 Å². The molecule has 0 atom stereocenters. The van der Waals surface area contributed by atoms with Gasteiger partial charge in [-0.05, 0) is 69.1 Å². The van der Waals surface area contributed by atoms with Gasteiger partial charge in [0.1, 0.15) is 0 Å². The minimum atomic E-state index is -0.0309. The van der Waals surface area contributed by atoms with Crippen molar-refractivity contribution in [3.63, 3.8) is 0 Å². The highest BCUT2D eigenvalue weighted by atomic mass is 16.3. The molecule has 0 saturated heterocycles. The standard InChI is InChI=1S/C14H26O2.C2H6/c1-10(11-2-6-13(15)7-3-11)12-4-8-14(16)9-5-12;1-2/h10-16H,2-9H2,1H3;1-2H3. The van der Waals surface area contributed by atoms with Crippen molar-refractivity contribution in [2.45, 2.75) is 84.3 Å². The van der Waals surface area contributed by atoms with Gasteiger partial charge in [-0.1, -0.05) is 20.8 Å². The van der Waals surface area contributed by atoms with Crippen LogP contribution in [0.15, 0.2) is 0 Å². The molecule has 2 aliphatic carbocycles. The van der Waals surface area contributed by atoms with Crippen molar-refractivity contribution in [2.24, 2.45) is 17.8 Å². The fourth-order valence-corrected chi connectivity index (χ4v) is 3.64. The van der Waals surface area contributed by atoms with Gasteiger partial charge in [0.05, 0.1) is 12.2 Å². The lowest BCUT2D eigenvalue weighted by molar-refractivity contribution is 0.0523. The van der Waals surface area contributed by atoms with Crippen LogP contribution >= 0.6 is 0 Å². The first-order chi connectivity index (χ1) is 8.66. The summed E-state index contributed by atoms with van der Waals surface area (Å²) in [5.41, 5.74) is 0. The molecule has 0 spiro atoms. The minimum Gasteiger partial charge on any atom is -0.393 e. The van der Waals surface area contributed by atoms with E-state index < -0.39 is 0 Å². The molecule has 2 nitrogen and oxygen atoms in total. The van der Waals surface area contributed by atoms with E-state index in [-0.39, 0.29) is 12.2 Å². The van der Waals surface area contributed by atoms with E-state index in [1.807, 2.05) is 13.8 Å². The van der Waals surface area contributed by atoms with Crippen molar-refractivity contribution >= 4 is 0 Å². The van der Waals surface area contributed by atoms with Crippen LogP contribution in [0.4, 0.5) is 0 Å². The highest BCUT2D eigenvalue weighted by Gasteiger charge is 2.31. The molecule has 0 aromatic carbocycles. The van der Waals surface area contributed by atoms with Crippen molar-refractivity contribution in [2.75, 3.05) is 0 Å². The third kappa shape index (κ3) is 4.55. The van der Waals surface area contributed by atoms with Crippen LogP contribution in [0.3, 0.4) is 0 Å². The molecule has 18 heavy (non-hydrogen) atoms. The molecule has 0 aliphatic heterocycles. The lowest BCUT2D eigenvalue weighted by Gasteiger charge is -2.37. The topological polar surface area (TPSA) is 40.5 Å². The SMILES string of the molecule is CC.CC(C1CCC(O)CC1)C1CCC(O)CC1. The summed E-state index contributed by atoms with van der Waals surface area (Å²) in [5.74, 6) is 2.44. The number of hydrogen-bond acceptors (Lipinski definition) is 2. The van der Waals surface area contributed by atoms with Crippen molar-refractivity contribution < 1.29 is 10.2 Å². The van der Waals surface area contributed by atoms with E-state index in [0.29, 0.717) is 0 Å². The van der Waals surface area contributed by atoms with Crippen LogP contribution in [0.2, 0.25) is 0 Å². The fourth-order valence-electron chi connectivity index (χ4n) is 3.64. The van der Waals surface area contributed by atoms with Crippen LogP contribution in [0.25, 0.3) is 0 Å². The van der Waals surface area contributed by atoms with E-state index in [0.717, 1.165) is 43.4 Å². The molecule has 2 saturated carbocycles. The molecule has 0 bridgehead atoms. The largest absolute Gasteiger partial charge is 0.393 e. The number of rotatable bonds is 2. The number of hydrogen-bond donors (Lipinski definition) is 2. The molecule has 108 valence electrons. The summed E-state index contributed by atoms with van der Waals surface area (Å²) in [4.78, 5) is 0. The van der Waals surface area contributed by atoms with Crippen LogP contribution in [-0.2, 0) is 0 Å². The summed E-state index contributed by atoms with van der Waals surface area (Å²) >= 11 is 0. The second kappa shape index (κ2) is 8.16. The summed E-state index contributed by atoms with van der Waals surface area (Å²) < 4.78 is 0. The zero-order chi connectivity index (χ0) is 13.5. The maximum Gasteiger partial charge on any atom is 0.0540 e. The van der Waals surface area contributed by atoms with E-state index >= 15 is 0 Å². The van der Waals surface area contributed by atoms with E-state index in [1.54, 1.807) is 0 Å². The van der Waals surface area contributed by atoms with Crippen molar-refractivity contribution in [3.05, 3.63) is 0 Å². The molecule has 0 unspecified atom stereocenters. The quantitative estimate of drug-likeness (QED) is 0.790. The van der Waals surface area contributed by atoms with Gasteiger partial charge in [-0.2, -0.15) is 0 Å². The molecule has 0 heterocycles. The lowest BCUT2D eigenvalue weighted by Crippen LogP contribution is -2.30. The van der Waals surface area contributed by atoms with Crippen LogP contribution in [0.5, 0.6) is 0 Å². The molecule has 2 aliphatic rings. The Hall–Kier alpha value is -0.0800. The first kappa shape index (κ1) is 16.0. The maximum absolute atomic E-state index is 9.52. The third-order valence-corrected chi connectivity index (χ3v) is 4.97. The molecular weight excluding hydrogens is 224 g/mol. The van der Waals surface area contributed by atoms with Gasteiger partial charge in [0, 0.05) is 0 Å². The first-order valence-corrected chi connectivity index (χ1v) is 8.03. The molecule has 2 heteroatoms. The molecule has 2 fully saturated rings. The van der Waals surface area contributed by atoms with Gasteiger partial charge in [0.2, 0.25) is 0 Å². The van der Waals surface area contributed by atoms with Crippen LogP contribution in [-0.4, -0.2) is 22.4 Å². The predicted octanol–water partition coefficient (Wildman–Crippen LogP) is 3.75. The van der Waals surface area contributed by atoms with E-state index in [1.165, 1.54) is 25.7 Å². The van der Waals surface area contributed by atoms with Gasteiger partial charge in [-0.3, -0.25) is 0 Å². The summed E-state index contributed by atoms with van der Waals surface area (Å²) in [6.45, 7) is 6.39. The maximum atomic E-state index is 9.52. The summed E-state index contributed by atoms with van der Waals surface area (Å²) in [5, 5.41) is 19.0. The number of aliphatic hydroxyl groups is 2. The average molecular weight is 256 g/mol. The second-order valence-electron chi connectivity index (χ2n) is 6.00. The Kier molecular flexibility index (Phi) is 7.25. The molecule has 0 radical (unpaired) electrons. The van der Waals surface area contributed by atoms with Crippen molar-refractivity contribution in [1.82, 2.24) is 0 Å². The van der Waals surface area contributed by atoms with Gasteiger partial charge in [0.25, 0.3) is 0 Å². The smallest absolute Gasteiger partial charge is 0.0540 e. The third-order valence-electron chi connectivity index (χ3n) is 4.97. The van der Waals surface area contributed by atoms with Crippen LogP contribution in [0.1, 0.15) is 72.1 Å². The van der Waals surface area contributed by atoms with Gasteiger partial charge in [-0.15, -0.1) is 0 Å². The van der Waals surface area contributed by atoms with Gasteiger partial charge in [0.15, 0.2) is 0 Å². The fraction of sp³-hybridized carbons (Fsp3) is 1.00. The van der Waals surface area contributed by atoms with Gasteiger partial charge in [-0.25, -0.2) is 0 Å². The zero-order valence-electron chi connectivity index (χ0n) is 12.4. The highest BCUT2D eigenvalue weighted by molar-refractivity contribution is 4.82. The Labute approximate surface area is 113 Å². The first-order valence-electron chi connectivity index (χ1n) is 8.03. The van der Waals surface area contributed by atoms with Gasteiger partial charge >= 0.3 is 0 Å². The summed E-state index contributed by atoms with van der Waals surface area (Å²) in [6.07, 6.45) is 8.79. The Morgan fingerprint density at radius 1 is 0.667 bits per heavy atom. The second-order valence-corrected chi connectivity index (χ2v) is 6.00. The van der Waals surface area contributed by atoms with E-state index in [4.69, 9.17) is 0 Å². The molecule has 0 aromatic rings. The molecule has 2 N–H and O–H groups in total. The van der Waals surface area contributed by atoms with E-state index in [9.17, 15) is 10.2 Å². The number of aliphatic hydroxyl groups excluding tert-OH is 2. The normalized spacial score (nSPS) is 38.5. The Morgan fingerprint density at radius 3 is 1.22 bits per heavy atom. The predicted molar refractivity (Wildman–Crippen MR) is 76.4 cm³/mol. The average Bonchev–Trinajstić information content (AvgIpc) is 2.42. The van der Waals surface area contributed by atoms with Crippen molar-refractivity contribution in [1.29, 1.82) is 0 Å². The van der Waals surface area contributed by atoms with Gasteiger partial charge < -0.3 is 10.2 Å². The van der Waals surface area contributed by atoms with Crippen LogP contribution < -0.4 is 0 Å². The van der Waals surface area contributed by atoms with E-state index in [2.05, 4.69) is 6.92 Å². The van der Waals surface area contributed by atoms with Crippen LogP contribution in [0, 0.1) is 17.8 Å². The Bertz CT molecular complexity index is 179. The molecule has 2 rings (SSSR count). The molecular formula is C16H32O2. The monoisotopic (exact) mass is 256 g/mol. The highest BCUT2D eigenvalue weighted by Crippen LogP contribution is 2.39. The zero-order valence-corrected chi connectivity index (χ0v) is 12.4. The molecule has 0 amide bonds. The summed E-state index contributed by atoms with van der Waals surface area (Å²) in [6, 6.07) is 0. The molecule has 0 aromatic heterocycles. The Balaban J connectivity index is 0.000000771.